The number of Topliss-reactive ketones (excluding diaryl/α,β-unsaturated/α-hetero) is 3. The lowest BCUT2D eigenvalue weighted by molar-refractivity contribution is -0.138. The topological polar surface area (TPSA) is 51.2 Å². The van der Waals surface area contributed by atoms with E-state index in [9.17, 15) is 14.4 Å². The molecule has 0 saturated carbocycles. The molecule has 0 aromatic heterocycles. The van der Waals surface area contributed by atoms with Gasteiger partial charge in [-0.15, -0.1) is 0 Å². The molecule has 0 saturated heterocycles. The van der Waals surface area contributed by atoms with Crippen molar-refractivity contribution >= 4 is 17.3 Å². The zero-order valence-electron chi connectivity index (χ0n) is 8.97. The lowest BCUT2D eigenvalue weighted by Gasteiger charge is -1.98. The Bertz CT molecular complexity index is 219. The summed E-state index contributed by atoms with van der Waals surface area (Å²) in [5, 5.41) is 0. The van der Waals surface area contributed by atoms with Crippen LogP contribution in [-0.2, 0) is 14.4 Å². The maximum Gasteiger partial charge on any atom is 0.205 e. The summed E-state index contributed by atoms with van der Waals surface area (Å²) < 4.78 is 0. The van der Waals surface area contributed by atoms with Gasteiger partial charge in [0.2, 0.25) is 5.78 Å². The molecule has 0 amide bonds. The van der Waals surface area contributed by atoms with Crippen molar-refractivity contribution < 1.29 is 14.4 Å². The minimum atomic E-state index is -0.517. The normalized spacial score (nSPS) is 9.86. The SMILES string of the molecule is CCCCC(=O)C(=O)CC(=O)CCC. The highest BCUT2D eigenvalue weighted by Gasteiger charge is 2.16. The fraction of sp³-hybridized carbons (Fsp3) is 0.727. The molecule has 0 aromatic rings. The van der Waals surface area contributed by atoms with E-state index in [0.717, 1.165) is 19.3 Å². The Hall–Kier alpha value is -0.990. The van der Waals surface area contributed by atoms with Crippen molar-refractivity contribution in [1.29, 1.82) is 0 Å². The summed E-state index contributed by atoms with van der Waals surface area (Å²) in [5.74, 6) is -1.03. The number of hydrogen-bond acceptors (Lipinski definition) is 3. The molecule has 0 aliphatic carbocycles. The fourth-order valence-electron chi connectivity index (χ4n) is 1.12. The second-order valence-electron chi connectivity index (χ2n) is 3.42. The van der Waals surface area contributed by atoms with E-state index in [1.165, 1.54) is 0 Å². The summed E-state index contributed by atoms with van der Waals surface area (Å²) in [6.45, 7) is 3.83. The van der Waals surface area contributed by atoms with Crippen LogP contribution < -0.4 is 0 Å². The van der Waals surface area contributed by atoms with E-state index < -0.39 is 11.6 Å². The van der Waals surface area contributed by atoms with E-state index in [2.05, 4.69) is 0 Å². The molecule has 0 aromatic carbocycles. The number of carbonyl (C=O) groups is 3. The van der Waals surface area contributed by atoms with Crippen LogP contribution in [0.4, 0.5) is 0 Å². The van der Waals surface area contributed by atoms with Gasteiger partial charge in [-0.05, 0) is 12.8 Å². The van der Waals surface area contributed by atoms with Crippen LogP contribution in [0.1, 0.15) is 52.4 Å². The van der Waals surface area contributed by atoms with Crippen LogP contribution in [0.15, 0.2) is 0 Å². The standard InChI is InChI=1S/C11H18O3/c1-3-5-7-10(13)11(14)8-9(12)6-4-2/h3-8H2,1-2H3. The molecule has 0 aliphatic rings. The molecule has 0 atom stereocenters. The largest absolute Gasteiger partial charge is 0.299 e. The summed E-state index contributed by atoms with van der Waals surface area (Å²) in [6.07, 6.45) is 2.83. The number of rotatable bonds is 8. The maximum atomic E-state index is 11.2. The predicted octanol–water partition coefficient (Wildman–Crippen LogP) is 2.07. The van der Waals surface area contributed by atoms with E-state index in [1.54, 1.807) is 0 Å². The van der Waals surface area contributed by atoms with Gasteiger partial charge in [0.05, 0.1) is 6.42 Å². The Morgan fingerprint density at radius 2 is 1.50 bits per heavy atom. The Balaban J connectivity index is 3.83. The highest BCUT2D eigenvalue weighted by atomic mass is 16.2. The maximum absolute atomic E-state index is 11.2. The average Bonchev–Trinajstić information content (AvgIpc) is 2.14. The molecular weight excluding hydrogens is 180 g/mol. The van der Waals surface area contributed by atoms with E-state index >= 15 is 0 Å². The smallest absolute Gasteiger partial charge is 0.205 e. The molecule has 0 N–H and O–H groups in total. The van der Waals surface area contributed by atoms with Crippen LogP contribution in [0, 0.1) is 0 Å². The molecule has 0 heterocycles. The van der Waals surface area contributed by atoms with E-state index in [1.807, 2.05) is 13.8 Å². The molecule has 3 nitrogen and oxygen atoms in total. The van der Waals surface area contributed by atoms with Gasteiger partial charge in [0.15, 0.2) is 5.78 Å². The van der Waals surface area contributed by atoms with Crippen molar-refractivity contribution in [2.45, 2.75) is 52.4 Å². The molecule has 0 radical (unpaired) electrons. The third kappa shape index (κ3) is 5.62. The lowest BCUT2D eigenvalue weighted by Crippen LogP contribution is -2.17. The van der Waals surface area contributed by atoms with Crippen molar-refractivity contribution in [1.82, 2.24) is 0 Å². The highest BCUT2D eigenvalue weighted by molar-refractivity contribution is 6.40. The zero-order valence-corrected chi connectivity index (χ0v) is 8.97. The summed E-state index contributed by atoms with van der Waals surface area (Å²) in [4.78, 5) is 33.4. The Labute approximate surface area is 84.9 Å². The molecule has 0 fully saturated rings. The van der Waals surface area contributed by atoms with Crippen molar-refractivity contribution in [3.63, 3.8) is 0 Å². The van der Waals surface area contributed by atoms with Gasteiger partial charge >= 0.3 is 0 Å². The minimum absolute atomic E-state index is 0.123. The van der Waals surface area contributed by atoms with Crippen LogP contribution >= 0.6 is 0 Å². The summed E-state index contributed by atoms with van der Waals surface area (Å²) in [5.41, 5.74) is 0. The van der Waals surface area contributed by atoms with Crippen LogP contribution in [0.5, 0.6) is 0 Å². The van der Waals surface area contributed by atoms with Crippen molar-refractivity contribution in [3.05, 3.63) is 0 Å². The second-order valence-corrected chi connectivity index (χ2v) is 3.42. The molecule has 0 bridgehead atoms. The van der Waals surface area contributed by atoms with Crippen molar-refractivity contribution in [2.75, 3.05) is 0 Å². The Morgan fingerprint density at radius 3 is 2.00 bits per heavy atom. The van der Waals surface area contributed by atoms with Gasteiger partial charge < -0.3 is 0 Å². The molecule has 3 heteroatoms. The van der Waals surface area contributed by atoms with Crippen LogP contribution in [0.25, 0.3) is 0 Å². The monoisotopic (exact) mass is 198 g/mol. The van der Waals surface area contributed by atoms with Gasteiger partial charge in [0, 0.05) is 12.8 Å². The summed E-state index contributed by atoms with van der Waals surface area (Å²) in [6, 6.07) is 0. The van der Waals surface area contributed by atoms with E-state index in [4.69, 9.17) is 0 Å². The number of unbranched alkanes of at least 4 members (excludes halogenated alkanes) is 1. The first-order valence-electron chi connectivity index (χ1n) is 5.19. The predicted molar refractivity (Wildman–Crippen MR) is 54.1 cm³/mol. The van der Waals surface area contributed by atoms with Crippen LogP contribution in [0.3, 0.4) is 0 Å². The summed E-state index contributed by atoms with van der Waals surface area (Å²) >= 11 is 0. The van der Waals surface area contributed by atoms with Gasteiger partial charge in [-0.3, -0.25) is 14.4 Å². The molecule has 14 heavy (non-hydrogen) atoms. The quantitative estimate of drug-likeness (QED) is 0.443. The third-order valence-corrected chi connectivity index (χ3v) is 1.95. The third-order valence-electron chi connectivity index (χ3n) is 1.95. The van der Waals surface area contributed by atoms with Crippen LogP contribution in [0.2, 0.25) is 0 Å². The van der Waals surface area contributed by atoms with Crippen molar-refractivity contribution in [2.24, 2.45) is 0 Å². The van der Waals surface area contributed by atoms with Gasteiger partial charge in [-0.25, -0.2) is 0 Å². The van der Waals surface area contributed by atoms with Crippen molar-refractivity contribution in [3.8, 4) is 0 Å². The molecule has 0 aliphatic heterocycles. The Morgan fingerprint density at radius 1 is 0.857 bits per heavy atom. The fourth-order valence-corrected chi connectivity index (χ4v) is 1.12. The van der Waals surface area contributed by atoms with Gasteiger partial charge in [0.1, 0.15) is 5.78 Å². The lowest BCUT2D eigenvalue weighted by atomic mass is 10.0. The number of hydrogen-bond donors (Lipinski definition) is 0. The van der Waals surface area contributed by atoms with Crippen LogP contribution in [-0.4, -0.2) is 17.3 Å². The average molecular weight is 198 g/mol. The minimum Gasteiger partial charge on any atom is -0.299 e. The first kappa shape index (κ1) is 13.0. The number of carbonyl (C=O) groups excluding carboxylic acids is 3. The highest BCUT2D eigenvalue weighted by Crippen LogP contribution is 2.01. The molecule has 0 unspecified atom stereocenters. The van der Waals surface area contributed by atoms with E-state index in [0.29, 0.717) is 6.42 Å². The molecule has 80 valence electrons. The Kier molecular flexibility index (Phi) is 6.89. The first-order chi connectivity index (χ1) is 6.61. The van der Waals surface area contributed by atoms with Gasteiger partial charge in [-0.2, -0.15) is 0 Å². The number of ketones is 3. The zero-order chi connectivity index (χ0) is 11.0. The molecular formula is C11H18O3. The second kappa shape index (κ2) is 7.42. The summed E-state index contributed by atoms with van der Waals surface area (Å²) in [7, 11) is 0. The van der Waals surface area contributed by atoms with Gasteiger partial charge in [-0.1, -0.05) is 20.3 Å². The first-order valence-corrected chi connectivity index (χ1v) is 5.19. The molecule has 0 rings (SSSR count). The van der Waals surface area contributed by atoms with E-state index in [-0.39, 0.29) is 18.6 Å². The van der Waals surface area contributed by atoms with Gasteiger partial charge in [0.25, 0.3) is 0 Å². The molecule has 0 spiro atoms.